The number of hydrogen-bond acceptors (Lipinski definition) is 5. The summed E-state index contributed by atoms with van der Waals surface area (Å²) in [5.41, 5.74) is -0.850. The van der Waals surface area contributed by atoms with E-state index in [1.54, 1.807) is 20.8 Å². The molecule has 2 N–H and O–H groups in total. The number of amides is 1. The molecule has 8 nitrogen and oxygen atoms in total. The lowest BCUT2D eigenvalue weighted by molar-refractivity contribution is -0.385. The fourth-order valence-electron chi connectivity index (χ4n) is 1.55. The first-order valence-corrected chi connectivity index (χ1v) is 6.07. The number of benzene rings is 1. The van der Waals surface area contributed by atoms with E-state index in [9.17, 15) is 19.7 Å². The Morgan fingerprint density at radius 2 is 2.00 bits per heavy atom. The van der Waals surface area contributed by atoms with E-state index in [0.717, 1.165) is 6.07 Å². The largest absolute Gasteiger partial charge is 0.481 e. The zero-order chi connectivity index (χ0) is 16.2. The van der Waals surface area contributed by atoms with Gasteiger partial charge in [-0.1, -0.05) is 0 Å². The van der Waals surface area contributed by atoms with Crippen LogP contribution in [0.4, 0.5) is 16.2 Å². The highest BCUT2D eigenvalue weighted by Gasteiger charge is 2.20. The lowest BCUT2D eigenvalue weighted by atomic mass is 10.1. The van der Waals surface area contributed by atoms with Gasteiger partial charge < -0.3 is 9.84 Å². The van der Waals surface area contributed by atoms with Crippen LogP contribution in [0.1, 0.15) is 26.3 Å². The van der Waals surface area contributed by atoms with Gasteiger partial charge >= 0.3 is 12.1 Å². The van der Waals surface area contributed by atoms with Crippen LogP contribution in [0.25, 0.3) is 0 Å². The lowest BCUT2D eigenvalue weighted by Gasteiger charge is -2.19. The van der Waals surface area contributed by atoms with Crippen LogP contribution in [0.3, 0.4) is 0 Å². The molecule has 0 saturated heterocycles. The van der Waals surface area contributed by atoms with Crippen molar-refractivity contribution in [3.63, 3.8) is 0 Å². The monoisotopic (exact) mass is 296 g/mol. The third kappa shape index (κ3) is 5.47. The molecule has 0 bridgehead atoms. The van der Waals surface area contributed by atoms with Crippen molar-refractivity contribution in [1.29, 1.82) is 0 Å². The number of carboxylic acid groups (broad SMARTS) is 1. The highest BCUT2D eigenvalue weighted by atomic mass is 16.6. The van der Waals surface area contributed by atoms with Crippen LogP contribution in [-0.2, 0) is 16.0 Å². The molecule has 0 saturated carbocycles. The van der Waals surface area contributed by atoms with Crippen LogP contribution in [0.5, 0.6) is 0 Å². The first-order valence-electron chi connectivity index (χ1n) is 6.07. The minimum absolute atomic E-state index is 0.0576. The predicted molar refractivity (Wildman–Crippen MR) is 74.3 cm³/mol. The topological polar surface area (TPSA) is 119 Å². The van der Waals surface area contributed by atoms with E-state index < -0.39 is 29.0 Å². The number of nitrogens with one attached hydrogen (secondary N) is 1. The molecule has 8 heteroatoms. The summed E-state index contributed by atoms with van der Waals surface area (Å²) in [7, 11) is 0. The molecule has 0 aliphatic carbocycles. The summed E-state index contributed by atoms with van der Waals surface area (Å²) in [6.45, 7) is 5.06. The molecule has 21 heavy (non-hydrogen) atoms. The van der Waals surface area contributed by atoms with Crippen molar-refractivity contribution in [3.8, 4) is 0 Å². The van der Waals surface area contributed by atoms with Gasteiger partial charge in [-0.05, 0) is 32.9 Å². The Bertz CT molecular complexity index is 577. The summed E-state index contributed by atoms with van der Waals surface area (Å²) in [6.07, 6.45) is -1.22. The van der Waals surface area contributed by atoms with Crippen molar-refractivity contribution in [2.45, 2.75) is 32.8 Å². The lowest BCUT2D eigenvalue weighted by Crippen LogP contribution is -2.27. The van der Waals surface area contributed by atoms with Gasteiger partial charge in [0.2, 0.25) is 0 Å². The zero-order valence-corrected chi connectivity index (χ0v) is 11.9. The molecule has 0 heterocycles. The number of anilines is 1. The molecule has 114 valence electrons. The van der Waals surface area contributed by atoms with Gasteiger partial charge in [-0.2, -0.15) is 0 Å². The molecule has 1 aromatic carbocycles. The Morgan fingerprint density at radius 1 is 1.38 bits per heavy atom. The fraction of sp³-hybridized carbons (Fsp3) is 0.385. The highest BCUT2D eigenvalue weighted by molar-refractivity contribution is 5.85. The second-order valence-electron chi connectivity index (χ2n) is 5.30. The molecular weight excluding hydrogens is 280 g/mol. The number of nitro benzene ring substituents is 1. The zero-order valence-electron chi connectivity index (χ0n) is 11.9. The van der Waals surface area contributed by atoms with Gasteiger partial charge in [-0.25, -0.2) is 4.79 Å². The van der Waals surface area contributed by atoms with E-state index >= 15 is 0 Å². The van der Waals surface area contributed by atoms with Crippen LogP contribution >= 0.6 is 0 Å². The maximum Gasteiger partial charge on any atom is 0.412 e. The Hall–Kier alpha value is -2.64. The Morgan fingerprint density at radius 3 is 2.48 bits per heavy atom. The number of carbonyl (C=O) groups excluding carboxylic acids is 1. The summed E-state index contributed by atoms with van der Waals surface area (Å²) in [5.74, 6) is -1.18. The molecule has 0 radical (unpaired) electrons. The molecule has 0 aromatic heterocycles. The quantitative estimate of drug-likeness (QED) is 0.651. The molecular formula is C13H16N2O6. The second-order valence-corrected chi connectivity index (χ2v) is 5.30. The van der Waals surface area contributed by atoms with E-state index in [1.165, 1.54) is 12.1 Å². The Balaban J connectivity index is 2.96. The number of rotatable bonds is 4. The maximum absolute atomic E-state index is 11.6. The maximum atomic E-state index is 11.6. The number of hydrogen-bond donors (Lipinski definition) is 2. The minimum Gasteiger partial charge on any atom is -0.481 e. The average molecular weight is 296 g/mol. The van der Waals surface area contributed by atoms with Crippen molar-refractivity contribution in [2.75, 3.05) is 5.32 Å². The molecule has 0 fully saturated rings. The standard InChI is InChI=1S/C13H16N2O6/c1-13(2,3)21-12(18)14-9-5-4-8(6-11(16)17)10(7-9)15(19)20/h4-5,7H,6H2,1-3H3,(H,14,18)(H,16,17). The summed E-state index contributed by atoms with van der Waals surface area (Å²) in [5, 5.41) is 22.0. The smallest absolute Gasteiger partial charge is 0.412 e. The molecule has 0 spiro atoms. The van der Waals surface area contributed by atoms with Crippen molar-refractivity contribution >= 4 is 23.4 Å². The van der Waals surface area contributed by atoms with Gasteiger partial charge in [0, 0.05) is 11.6 Å². The molecule has 1 amide bonds. The van der Waals surface area contributed by atoms with Crippen molar-refractivity contribution in [3.05, 3.63) is 33.9 Å². The molecule has 0 atom stereocenters. The van der Waals surface area contributed by atoms with E-state index in [2.05, 4.69) is 5.32 Å². The minimum atomic E-state index is -1.18. The molecule has 0 unspecified atom stereocenters. The van der Waals surface area contributed by atoms with Crippen LogP contribution in [0.15, 0.2) is 18.2 Å². The molecule has 1 aromatic rings. The van der Waals surface area contributed by atoms with Crippen LogP contribution in [-0.4, -0.2) is 27.7 Å². The van der Waals surface area contributed by atoms with Gasteiger partial charge in [0.05, 0.1) is 17.0 Å². The van der Waals surface area contributed by atoms with Crippen molar-refractivity contribution < 1.29 is 24.4 Å². The third-order valence-corrected chi connectivity index (χ3v) is 2.27. The summed E-state index contributed by atoms with van der Waals surface area (Å²) < 4.78 is 5.02. The van der Waals surface area contributed by atoms with Gasteiger partial charge in [-0.15, -0.1) is 0 Å². The number of carboxylic acids is 1. The normalized spacial score (nSPS) is 10.8. The molecule has 1 rings (SSSR count). The summed E-state index contributed by atoms with van der Waals surface area (Å²) >= 11 is 0. The highest BCUT2D eigenvalue weighted by Crippen LogP contribution is 2.24. The van der Waals surface area contributed by atoms with E-state index in [0.29, 0.717) is 0 Å². The number of carbonyl (C=O) groups is 2. The van der Waals surface area contributed by atoms with Crippen LogP contribution in [0.2, 0.25) is 0 Å². The van der Waals surface area contributed by atoms with Gasteiger partial charge in [-0.3, -0.25) is 20.2 Å². The van der Waals surface area contributed by atoms with Crippen molar-refractivity contribution in [1.82, 2.24) is 0 Å². The number of nitrogens with zero attached hydrogens (tertiary/aromatic N) is 1. The fourth-order valence-corrected chi connectivity index (χ4v) is 1.55. The van der Waals surface area contributed by atoms with Crippen LogP contribution < -0.4 is 5.32 Å². The first-order chi connectivity index (χ1) is 9.58. The van der Waals surface area contributed by atoms with Gasteiger partial charge in [0.1, 0.15) is 5.60 Å². The van der Waals surface area contributed by atoms with E-state index in [4.69, 9.17) is 9.84 Å². The second kappa shape index (κ2) is 6.21. The number of nitro groups is 1. The van der Waals surface area contributed by atoms with E-state index in [1.807, 2.05) is 0 Å². The molecule has 0 aliphatic rings. The average Bonchev–Trinajstić information content (AvgIpc) is 2.27. The Labute approximate surface area is 120 Å². The summed E-state index contributed by atoms with van der Waals surface area (Å²) in [6, 6.07) is 3.77. The third-order valence-electron chi connectivity index (χ3n) is 2.27. The van der Waals surface area contributed by atoms with Crippen molar-refractivity contribution in [2.24, 2.45) is 0 Å². The first kappa shape index (κ1) is 16.4. The predicted octanol–water partition coefficient (Wildman–Crippen LogP) is 2.57. The summed E-state index contributed by atoms with van der Waals surface area (Å²) in [4.78, 5) is 32.5. The number of aliphatic carboxylic acids is 1. The SMILES string of the molecule is CC(C)(C)OC(=O)Nc1ccc(CC(=O)O)c([N+](=O)[O-])c1. The Kier molecular flexibility index (Phi) is 4.85. The molecule has 0 aliphatic heterocycles. The number of ether oxygens (including phenoxy) is 1. The van der Waals surface area contributed by atoms with Gasteiger partial charge in [0.15, 0.2) is 0 Å². The van der Waals surface area contributed by atoms with Gasteiger partial charge in [0.25, 0.3) is 5.69 Å². The van der Waals surface area contributed by atoms with Crippen LogP contribution in [0, 0.1) is 10.1 Å². The van der Waals surface area contributed by atoms with E-state index in [-0.39, 0.29) is 16.9 Å².